The van der Waals surface area contributed by atoms with Gasteiger partial charge in [0.1, 0.15) is 5.69 Å². The number of aromatic nitrogens is 1. The fourth-order valence-corrected chi connectivity index (χ4v) is 3.06. The van der Waals surface area contributed by atoms with E-state index in [0.29, 0.717) is 15.7 Å². The lowest BCUT2D eigenvalue weighted by atomic mass is 10.0. The van der Waals surface area contributed by atoms with E-state index in [1.807, 2.05) is 50.2 Å². The molecular formula is C19H16BrNO3. The number of ketones is 1. The minimum absolute atomic E-state index is 0.223. The van der Waals surface area contributed by atoms with Crippen LogP contribution in [0.1, 0.15) is 32.0 Å². The van der Waals surface area contributed by atoms with Gasteiger partial charge in [-0.25, -0.2) is 4.79 Å². The van der Waals surface area contributed by atoms with Crippen molar-refractivity contribution in [3.05, 3.63) is 69.3 Å². The highest BCUT2D eigenvalue weighted by Gasteiger charge is 2.18. The van der Waals surface area contributed by atoms with Gasteiger partial charge >= 0.3 is 5.97 Å². The number of H-pyrrole nitrogens is 1. The molecule has 0 aliphatic carbocycles. The zero-order valence-corrected chi connectivity index (χ0v) is 14.9. The van der Waals surface area contributed by atoms with Crippen molar-refractivity contribution in [3.63, 3.8) is 0 Å². The molecule has 2 aromatic carbocycles. The van der Waals surface area contributed by atoms with Crippen molar-refractivity contribution < 1.29 is 14.3 Å². The molecule has 24 heavy (non-hydrogen) atoms. The Bertz CT molecular complexity index is 943. The first-order valence-electron chi connectivity index (χ1n) is 7.51. The number of aromatic amines is 1. The average Bonchev–Trinajstić information content (AvgIpc) is 2.92. The van der Waals surface area contributed by atoms with Gasteiger partial charge in [0.05, 0.1) is 4.47 Å². The average molecular weight is 386 g/mol. The van der Waals surface area contributed by atoms with Crippen LogP contribution in [0.5, 0.6) is 0 Å². The molecule has 1 heterocycles. The van der Waals surface area contributed by atoms with Crippen LogP contribution in [-0.2, 0) is 4.74 Å². The summed E-state index contributed by atoms with van der Waals surface area (Å²) in [6.45, 7) is 3.64. The van der Waals surface area contributed by atoms with E-state index in [9.17, 15) is 9.59 Å². The van der Waals surface area contributed by atoms with Crippen LogP contribution in [0.3, 0.4) is 0 Å². The van der Waals surface area contributed by atoms with Crippen molar-refractivity contribution in [2.24, 2.45) is 0 Å². The van der Waals surface area contributed by atoms with Gasteiger partial charge in [0.25, 0.3) is 0 Å². The highest BCUT2D eigenvalue weighted by molar-refractivity contribution is 9.10. The number of aryl methyl sites for hydroxylation is 2. The minimum atomic E-state index is -0.560. The van der Waals surface area contributed by atoms with Crippen LogP contribution in [0, 0.1) is 13.8 Å². The van der Waals surface area contributed by atoms with Gasteiger partial charge in [-0.05, 0) is 53.0 Å². The number of fused-ring (bicyclic) bond motifs is 1. The smallest absolute Gasteiger partial charge is 0.356 e. The molecule has 0 saturated heterocycles. The number of hydrogen-bond donors (Lipinski definition) is 1. The molecule has 0 fully saturated rings. The summed E-state index contributed by atoms with van der Waals surface area (Å²) in [5, 5.41) is 0.893. The van der Waals surface area contributed by atoms with Crippen LogP contribution < -0.4 is 0 Å². The third kappa shape index (κ3) is 3.12. The summed E-state index contributed by atoms with van der Waals surface area (Å²) in [7, 11) is 0. The third-order valence-electron chi connectivity index (χ3n) is 4.01. The fraction of sp³-hybridized carbons (Fsp3) is 0.158. The first-order valence-corrected chi connectivity index (χ1v) is 8.30. The molecule has 0 aliphatic heterocycles. The number of carbonyl (C=O) groups is 2. The van der Waals surface area contributed by atoms with E-state index in [2.05, 4.69) is 20.9 Å². The Kier molecular flexibility index (Phi) is 4.53. The second-order valence-electron chi connectivity index (χ2n) is 5.66. The SMILES string of the molecule is Cc1ccc(C(=O)COC(=O)c2[nH]c3ccccc3c2Br)cc1C. The highest BCUT2D eigenvalue weighted by atomic mass is 79.9. The molecule has 4 nitrogen and oxygen atoms in total. The molecule has 0 saturated carbocycles. The van der Waals surface area contributed by atoms with Crippen LogP contribution >= 0.6 is 15.9 Å². The number of Topliss-reactive ketones (excluding diaryl/α,β-unsaturated/α-hetero) is 1. The molecule has 1 N–H and O–H groups in total. The van der Waals surface area contributed by atoms with Crippen molar-refractivity contribution >= 4 is 38.6 Å². The number of nitrogens with one attached hydrogen (secondary N) is 1. The molecule has 122 valence electrons. The quantitative estimate of drug-likeness (QED) is 0.527. The number of ether oxygens (including phenoxy) is 1. The van der Waals surface area contributed by atoms with Crippen LogP contribution in [0.4, 0.5) is 0 Å². The van der Waals surface area contributed by atoms with E-state index >= 15 is 0 Å². The summed E-state index contributed by atoms with van der Waals surface area (Å²) in [5.74, 6) is -0.783. The normalized spacial score (nSPS) is 10.8. The van der Waals surface area contributed by atoms with Crippen LogP contribution in [0.15, 0.2) is 46.9 Å². The molecule has 0 radical (unpaired) electrons. The molecule has 0 spiro atoms. The number of carbonyl (C=O) groups excluding carboxylic acids is 2. The zero-order chi connectivity index (χ0) is 17.3. The van der Waals surface area contributed by atoms with Gasteiger partial charge in [-0.3, -0.25) is 4.79 Å². The molecular weight excluding hydrogens is 370 g/mol. The van der Waals surface area contributed by atoms with Gasteiger partial charge in [-0.2, -0.15) is 0 Å². The first-order chi connectivity index (χ1) is 11.5. The topological polar surface area (TPSA) is 59.2 Å². The molecule has 0 aliphatic rings. The highest BCUT2D eigenvalue weighted by Crippen LogP contribution is 2.28. The summed E-state index contributed by atoms with van der Waals surface area (Å²) in [6, 6.07) is 13.0. The molecule has 3 rings (SSSR count). The lowest BCUT2D eigenvalue weighted by Gasteiger charge is -2.06. The van der Waals surface area contributed by atoms with E-state index in [4.69, 9.17) is 4.74 Å². The Morgan fingerprint density at radius 3 is 2.54 bits per heavy atom. The maximum absolute atomic E-state index is 12.3. The largest absolute Gasteiger partial charge is 0.453 e. The van der Waals surface area contributed by atoms with Crippen LogP contribution in [-0.4, -0.2) is 23.3 Å². The zero-order valence-electron chi connectivity index (χ0n) is 13.4. The summed E-state index contributed by atoms with van der Waals surface area (Å²) in [6.07, 6.45) is 0. The van der Waals surface area contributed by atoms with Crippen molar-refractivity contribution in [1.82, 2.24) is 4.98 Å². The Morgan fingerprint density at radius 1 is 1.08 bits per heavy atom. The standard InChI is InChI=1S/C19H16BrNO3/c1-11-7-8-13(9-12(11)2)16(22)10-24-19(23)18-17(20)14-5-3-4-6-15(14)21-18/h3-9,21H,10H2,1-2H3. The van der Waals surface area contributed by atoms with Gasteiger partial charge in [0.15, 0.2) is 12.4 Å². The predicted molar refractivity (Wildman–Crippen MR) is 96.5 cm³/mol. The second-order valence-corrected chi connectivity index (χ2v) is 6.45. The van der Waals surface area contributed by atoms with Gasteiger partial charge in [-0.1, -0.05) is 30.3 Å². The van der Waals surface area contributed by atoms with E-state index in [1.165, 1.54) is 0 Å². The van der Waals surface area contributed by atoms with Gasteiger partial charge < -0.3 is 9.72 Å². The van der Waals surface area contributed by atoms with Crippen LogP contribution in [0.25, 0.3) is 10.9 Å². The molecule has 0 atom stereocenters. The second kappa shape index (κ2) is 6.61. The minimum Gasteiger partial charge on any atom is -0.453 e. The number of esters is 1. The number of rotatable bonds is 4. The number of para-hydroxylation sites is 1. The van der Waals surface area contributed by atoms with Crippen molar-refractivity contribution in [2.75, 3.05) is 6.61 Å². The number of benzene rings is 2. The Labute approximate surface area is 148 Å². The van der Waals surface area contributed by atoms with Crippen LogP contribution in [0.2, 0.25) is 0 Å². The molecule has 0 unspecified atom stereocenters. The molecule has 3 aromatic rings. The molecule has 1 aromatic heterocycles. The fourth-order valence-electron chi connectivity index (χ4n) is 2.45. The Balaban J connectivity index is 1.73. The molecule has 5 heteroatoms. The Hall–Kier alpha value is -2.40. The van der Waals surface area contributed by atoms with Crippen molar-refractivity contribution in [2.45, 2.75) is 13.8 Å². The lowest BCUT2D eigenvalue weighted by Crippen LogP contribution is -2.15. The lowest BCUT2D eigenvalue weighted by molar-refractivity contribution is 0.0469. The number of halogens is 1. The molecule has 0 amide bonds. The van der Waals surface area contributed by atoms with E-state index in [0.717, 1.165) is 22.0 Å². The van der Waals surface area contributed by atoms with E-state index in [1.54, 1.807) is 6.07 Å². The van der Waals surface area contributed by atoms with Crippen molar-refractivity contribution in [1.29, 1.82) is 0 Å². The van der Waals surface area contributed by atoms with Gasteiger partial charge in [0.2, 0.25) is 0 Å². The first kappa shape index (κ1) is 16.5. The summed E-state index contributed by atoms with van der Waals surface area (Å²) in [5.41, 5.74) is 3.83. The summed E-state index contributed by atoms with van der Waals surface area (Å²) < 4.78 is 5.82. The summed E-state index contributed by atoms with van der Waals surface area (Å²) in [4.78, 5) is 27.5. The Morgan fingerprint density at radius 2 is 1.83 bits per heavy atom. The summed E-state index contributed by atoms with van der Waals surface area (Å²) >= 11 is 3.40. The maximum atomic E-state index is 12.3. The van der Waals surface area contributed by atoms with Crippen molar-refractivity contribution in [3.8, 4) is 0 Å². The monoisotopic (exact) mass is 385 g/mol. The number of hydrogen-bond acceptors (Lipinski definition) is 3. The predicted octanol–water partition coefficient (Wildman–Crippen LogP) is 4.59. The van der Waals surface area contributed by atoms with E-state index < -0.39 is 5.97 Å². The van der Waals surface area contributed by atoms with Gasteiger partial charge in [0, 0.05) is 16.5 Å². The van der Waals surface area contributed by atoms with Gasteiger partial charge in [-0.15, -0.1) is 0 Å². The maximum Gasteiger partial charge on any atom is 0.356 e. The molecule has 0 bridgehead atoms. The van der Waals surface area contributed by atoms with E-state index in [-0.39, 0.29) is 12.4 Å². The third-order valence-corrected chi connectivity index (χ3v) is 4.83.